The van der Waals surface area contributed by atoms with Crippen LogP contribution in [0.15, 0.2) is 29.4 Å². The first-order chi connectivity index (χ1) is 8.95. The molecule has 0 bridgehead atoms. The molecule has 0 nitrogen and oxygen atoms in total. The third kappa shape index (κ3) is 2.63. The van der Waals surface area contributed by atoms with Crippen molar-refractivity contribution in [2.75, 3.05) is 0 Å². The normalized spacial score (nSPS) is 25.9. The van der Waals surface area contributed by atoms with Crippen molar-refractivity contribution in [2.24, 2.45) is 11.8 Å². The molecule has 0 heteroatoms. The van der Waals surface area contributed by atoms with Gasteiger partial charge in [0, 0.05) is 0 Å². The highest BCUT2D eigenvalue weighted by atomic mass is 14.3. The summed E-state index contributed by atoms with van der Waals surface area (Å²) in [5, 5.41) is 0. The Hall–Kier alpha value is -0.780. The highest BCUT2D eigenvalue weighted by Gasteiger charge is 2.27. The standard InChI is InChI=1S/C18H25/c1-3-9-15(10-4-1)18(17-13-7-8-14-17)16-11-5-2-6-12-16/h7-8,13,15-16H,1-6,9-12H2. The van der Waals surface area contributed by atoms with Crippen molar-refractivity contribution in [2.45, 2.75) is 64.2 Å². The summed E-state index contributed by atoms with van der Waals surface area (Å²) in [6.07, 6.45) is 24.5. The summed E-state index contributed by atoms with van der Waals surface area (Å²) in [6.45, 7) is 0. The van der Waals surface area contributed by atoms with Gasteiger partial charge in [0.05, 0.1) is 0 Å². The van der Waals surface area contributed by atoms with Crippen LogP contribution in [-0.2, 0) is 0 Å². The Morgan fingerprint density at radius 1 is 0.833 bits per heavy atom. The van der Waals surface area contributed by atoms with Crippen molar-refractivity contribution < 1.29 is 0 Å². The van der Waals surface area contributed by atoms with E-state index in [0.717, 1.165) is 11.8 Å². The molecule has 3 aliphatic rings. The van der Waals surface area contributed by atoms with Crippen molar-refractivity contribution in [3.63, 3.8) is 0 Å². The quantitative estimate of drug-likeness (QED) is 0.609. The van der Waals surface area contributed by atoms with Gasteiger partial charge >= 0.3 is 0 Å². The summed E-state index contributed by atoms with van der Waals surface area (Å²) in [7, 11) is 0. The smallest absolute Gasteiger partial charge is 0.0106 e. The Balaban J connectivity index is 1.85. The number of hydrogen-bond donors (Lipinski definition) is 0. The van der Waals surface area contributed by atoms with Crippen LogP contribution in [0.5, 0.6) is 0 Å². The van der Waals surface area contributed by atoms with E-state index in [0.29, 0.717) is 0 Å². The van der Waals surface area contributed by atoms with Crippen LogP contribution < -0.4 is 0 Å². The summed E-state index contributed by atoms with van der Waals surface area (Å²) < 4.78 is 0. The van der Waals surface area contributed by atoms with Gasteiger partial charge in [-0.15, -0.1) is 0 Å². The lowest BCUT2D eigenvalue weighted by molar-refractivity contribution is 0.324. The molecule has 18 heavy (non-hydrogen) atoms. The van der Waals surface area contributed by atoms with Crippen LogP contribution in [0.4, 0.5) is 0 Å². The van der Waals surface area contributed by atoms with E-state index in [1.165, 1.54) is 69.8 Å². The van der Waals surface area contributed by atoms with Gasteiger partial charge in [0.1, 0.15) is 0 Å². The van der Waals surface area contributed by atoms with Crippen molar-refractivity contribution in [3.8, 4) is 0 Å². The molecule has 0 aromatic rings. The Labute approximate surface area is 112 Å². The molecule has 0 spiro atoms. The third-order valence-corrected chi connectivity index (χ3v) is 5.00. The Morgan fingerprint density at radius 2 is 1.39 bits per heavy atom. The lowest BCUT2D eigenvalue weighted by Crippen LogP contribution is -2.20. The van der Waals surface area contributed by atoms with Crippen LogP contribution in [0.3, 0.4) is 0 Å². The molecule has 3 aliphatic carbocycles. The summed E-state index contributed by atoms with van der Waals surface area (Å²) in [4.78, 5) is 0. The van der Waals surface area contributed by atoms with Crippen molar-refractivity contribution in [1.29, 1.82) is 0 Å². The predicted molar refractivity (Wildman–Crippen MR) is 77.1 cm³/mol. The fourth-order valence-corrected chi connectivity index (χ4v) is 4.11. The molecule has 2 fully saturated rings. The zero-order valence-electron chi connectivity index (χ0n) is 11.5. The second kappa shape index (κ2) is 5.91. The lowest BCUT2D eigenvalue weighted by atomic mass is 9.72. The SMILES string of the molecule is [C]1=CC=CC1=C(C1CCCCC1)C1CCCCC1. The molecular formula is C18H25. The molecule has 0 heterocycles. The molecule has 0 unspecified atom stereocenters. The van der Waals surface area contributed by atoms with Gasteiger partial charge in [-0.1, -0.05) is 62.3 Å². The molecular weight excluding hydrogens is 216 g/mol. The van der Waals surface area contributed by atoms with Crippen LogP contribution in [0.1, 0.15) is 64.2 Å². The third-order valence-electron chi connectivity index (χ3n) is 5.00. The van der Waals surface area contributed by atoms with Crippen molar-refractivity contribution in [3.05, 3.63) is 35.5 Å². The van der Waals surface area contributed by atoms with Gasteiger partial charge in [-0.05, 0) is 49.2 Å². The summed E-state index contributed by atoms with van der Waals surface area (Å²) in [6, 6.07) is 0. The minimum absolute atomic E-state index is 0.875. The van der Waals surface area contributed by atoms with Gasteiger partial charge in [-0.2, -0.15) is 0 Å². The van der Waals surface area contributed by atoms with Crippen LogP contribution in [0.2, 0.25) is 0 Å². The minimum Gasteiger partial charge on any atom is -0.0610 e. The zero-order valence-corrected chi connectivity index (χ0v) is 11.5. The predicted octanol–water partition coefficient (Wildman–Crippen LogP) is 5.37. The fourth-order valence-electron chi connectivity index (χ4n) is 4.11. The largest absolute Gasteiger partial charge is 0.0610 e. The Kier molecular flexibility index (Phi) is 4.02. The first kappa shape index (κ1) is 12.3. The molecule has 0 aromatic carbocycles. The fraction of sp³-hybridized carbons (Fsp3) is 0.667. The molecule has 3 rings (SSSR count). The van der Waals surface area contributed by atoms with Gasteiger partial charge in [0.25, 0.3) is 0 Å². The molecule has 0 saturated heterocycles. The van der Waals surface area contributed by atoms with Gasteiger partial charge in [-0.3, -0.25) is 0 Å². The van der Waals surface area contributed by atoms with Crippen LogP contribution in [0, 0.1) is 17.9 Å². The zero-order chi connectivity index (χ0) is 12.2. The summed E-state index contributed by atoms with van der Waals surface area (Å²) >= 11 is 0. The van der Waals surface area contributed by atoms with Gasteiger partial charge in [0.15, 0.2) is 0 Å². The molecule has 0 aliphatic heterocycles. The highest BCUT2D eigenvalue weighted by molar-refractivity contribution is 5.41. The number of hydrogen-bond acceptors (Lipinski definition) is 0. The Morgan fingerprint density at radius 3 is 1.83 bits per heavy atom. The van der Waals surface area contributed by atoms with E-state index in [4.69, 9.17) is 0 Å². The number of allylic oxidation sites excluding steroid dienone is 6. The van der Waals surface area contributed by atoms with E-state index >= 15 is 0 Å². The molecule has 0 amide bonds. The first-order valence-electron chi connectivity index (χ1n) is 7.95. The van der Waals surface area contributed by atoms with E-state index in [9.17, 15) is 0 Å². The first-order valence-corrected chi connectivity index (χ1v) is 7.95. The second-order valence-corrected chi connectivity index (χ2v) is 6.21. The van der Waals surface area contributed by atoms with Crippen molar-refractivity contribution >= 4 is 0 Å². The molecule has 1 radical (unpaired) electrons. The molecule has 2 saturated carbocycles. The second-order valence-electron chi connectivity index (χ2n) is 6.21. The van der Waals surface area contributed by atoms with E-state index in [1.807, 2.05) is 0 Å². The maximum atomic E-state index is 3.49. The monoisotopic (exact) mass is 241 g/mol. The minimum atomic E-state index is 0.875. The molecule has 97 valence electrons. The average Bonchev–Trinajstić information content (AvgIpc) is 2.95. The Bertz CT molecular complexity index is 323. The van der Waals surface area contributed by atoms with Gasteiger partial charge < -0.3 is 0 Å². The maximum absolute atomic E-state index is 3.49. The van der Waals surface area contributed by atoms with E-state index < -0.39 is 0 Å². The van der Waals surface area contributed by atoms with Crippen LogP contribution in [0.25, 0.3) is 0 Å². The van der Waals surface area contributed by atoms with Crippen molar-refractivity contribution in [1.82, 2.24) is 0 Å². The van der Waals surface area contributed by atoms with E-state index in [-0.39, 0.29) is 0 Å². The summed E-state index contributed by atoms with van der Waals surface area (Å²) in [5.74, 6) is 1.75. The van der Waals surface area contributed by atoms with Gasteiger partial charge in [-0.25, -0.2) is 0 Å². The average molecular weight is 241 g/mol. The maximum Gasteiger partial charge on any atom is -0.0106 e. The van der Waals surface area contributed by atoms with E-state index in [1.54, 1.807) is 5.57 Å². The van der Waals surface area contributed by atoms with Gasteiger partial charge in [0.2, 0.25) is 0 Å². The summed E-state index contributed by atoms with van der Waals surface area (Å²) in [5.41, 5.74) is 3.24. The molecule has 0 N–H and O–H groups in total. The van der Waals surface area contributed by atoms with E-state index in [2.05, 4.69) is 24.3 Å². The van der Waals surface area contributed by atoms with Crippen LogP contribution in [-0.4, -0.2) is 0 Å². The molecule has 0 aromatic heterocycles. The number of rotatable bonds is 2. The lowest BCUT2D eigenvalue weighted by Gasteiger charge is -2.33. The topological polar surface area (TPSA) is 0 Å². The van der Waals surface area contributed by atoms with Crippen LogP contribution >= 0.6 is 0 Å². The highest BCUT2D eigenvalue weighted by Crippen LogP contribution is 2.41. The molecule has 0 atom stereocenters.